The van der Waals surface area contributed by atoms with E-state index in [0.29, 0.717) is 30.3 Å². The van der Waals surface area contributed by atoms with Gasteiger partial charge in [0, 0.05) is 37.9 Å². The maximum Gasteiger partial charge on any atom is 0.416 e. The number of esters is 1. The Bertz CT molecular complexity index is 1140. The predicted molar refractivity (Wildman–Crippen MR) is 102 cm³/mol. The lowest BCUT2D eigenvalue weighted by Crippen LogP contribution is -2.51. The molecule has 1 aliphatic rings. The lowest BCUT2D eigenvalue weighted by atomic mass is 10.1. The van der Waals surface area contributed by atoms with E-state index < -0.39 is 23.6 Å². The summed E-state index contributed by atoms with van der Waals surface area (Å²) in [6.45, 7) is 1.30. The third kappa shape index (κ3) is 4.00. The number of nitrogens with zero attached hydrogens (tertiary/aromatic N) is 6. The van der Waals surface area contributed by atoms with Gasteiger partial charge in [-0.25, -0.2) is 9.78 Å². The molecule has 0 bridgehead atoms. The Hall–Kier alpha value is -3.70. The molecular weight excluding hydrogens is 417 g/mol. The monoisotopic (exact) mass is 434 g/mol. The van der Waals surface area contributed by atoms with Crippen LogP contribution in [0.5, 0.6) is 0 Å². The van der Waals surface area contributed by atoms with Gasteiger partial charge in [0.1, 0.15) is 0 Å². The third-order valence-corrected chi connectivity index (χ3v) is 4.92. The molecule has 0 atom stereocenters. The van der Waals surface area contributed by atoms with E-state index >= 15 is 0 Å². The molecule has 0 aliphatic carbocycles. The number of hydrogen-bond acceptors (Lipinski definition) is 7. The van der Waals surface area contributed by atoms with Crippen LogP contribution >= 0.6 is 0 Å². The molecule has 0 N–H and O–H groups in total. The van der Waals surface area contributed by atoms with Gasteiger partial charge in [0.15, 0.2) is 0 Å². The molecule has 1 fully saturated rings. The van der Waals surface area contributed by atoms with Crippen LogP contribution in [0, 0.1) is 0 Å². The largest absolute Gasteiger partial charge is 0.462 e. The number of rotatable bonds is 2. The number of aromatic nitrogens is 4. The first-order valence-electron chi connectivity index (χ1n) is 9.29. The summed E-state index contributed by atoms with van der Waals surface area (Å²) in [5.41, 5.74) is -0.0248. The number of carbonyl (C=O) groups is 2. The van der Waals surface area contributed by atoms with Crippen LogP contribution in [0.1, 0.15) is 5.56 Å². The molecule has 0 saturated carbocycles. The normalized spacial score (nSPS) is 14.7. The van der Waals surface area contributed by atoms with Crippen molar-refractivity contribution in [3.05, 3.63) is 42.1 Å². The first-order valence-corrected chi connectivity index (χ1v) is 9.29. The minimum atomic E-state index is -4.46. The summed E-state index contributed by atoms with van der Waals surface area (Å²) in [6.07, 6.45) is -3.01. The Kier molecular flexibility index (Phi) is 5.21. The summed E-state index contributed by atoms with van der Waals surface area (Å²) in [5, 5.41) is 4.42. The number of halogens is 3. The molecular formula is C19H17F3N6O3. The molecule has 31 heavy (non-hydrogen) atoms. The summed E-state index contributed by atoms with van der Waals surface area (Å²) in [6, 6.07) is 6.51. The molecule has 1 aliphatic heterocycles. The highest BCUT2D eigenvalue weighted by Gasteiger charge is 2.31. The number of carbonyl (C=O) groups excluding carboxylic acids is 2. The quantitative estimate of drug-likeness (QED) is 0.447. The van der Waals surface area contributed by atoms with Gasteiger partial charge in [0.05, 0.1) is 18.4 Å². The van der Waals surface area contributed by atoms with Gasteiger partial charge in [-0.2, -0.15) is 22.7 Å². The van der Waals surface area contributed by atoms with E-state index in [-0.39, 0.29) is 18.9 Å². The van der Waals surface area contributed by atoms with Gasteiger partial charge >= 0.3 is 18.1 Å². The average molecular weight is 434 g/mol. The zero-order chi connectivity index (χ0) is 22.2. The summed E-state index contributed by atoms with van der Waals surface area (Å²) in [5.74, 6) is -1.07. The molecule has 3 aromatic rings. The fourth-order valence-corrected chi connectivity index (χ4v) is 3.32. The molecule has 9 nitrogen and oxygen atoms in total. The standard InChI is InChI=1S/C19H17F3N6O3/c1-31-16(30)15(29)26-7-9-27(10-8-26)18-24-17-23-6-5-14(28(17)25-18)12-3-2-4-13(11-12)19(20,21)22/h2-6,11H,7-10H2,1H3. The average Bonchev–Trinajstić information content (AvgIpc) is 3.22. The van der Waals surface area contributed by atoms with Crippen LogP contribution in [0.3, 0.4) is 0 Å². The zero-order valence-corrected chi connectivity index (χ0v) is 16.3. The van der Waals surface area contributed by atoms with Gasteiger partial charge in [0.25, 0.3) is 5.78 Å². The van der Waals surface area contributed by atoms with Crippen LogP contribution in [-0.4, -0.2) is 69.6 Å². The van der Waals surface area contributed by atoms with Crippen LogP contribution in [0.2, 0.25) is 0 Å². The highest BCUT2D eigenvalue weighted by molar-refractivity contribution is 6.32. The summed E-state index contributed by atoms with van der Waals surface area (Å²) < 4.78 is 45.1. The molecule has 4 rings (SSSR count). The molecule has 2 aromatic heterocycles. The van der Waals surface area contributed by atoms with Crippen molar-refractivity contribution in [3.63, 3.8) is 0 Å². The van der Waals surface area contributed by atoms with Crippen LogP contribution in [0.15, 0.2) is 36.5 Å². The van der Waals surface area contributed by atoms with E-state index in [4.69, 9.17) is 0 Å². The van der Waals surface area contributed by atoms with Gasteiger partial charge in [-0.3, -0.25) is 4.79 Å². The van der Waals surface area contributed by atoms with E-state index in [1.807, 2.05) is 4.90 Å². The minimum absolute atomic E-state index is 0.234. The molecule has 1 amide bonds. The molecule has 3 heterocycles. The topological polar surface area (TPSA) is 92.9 Å². The fraction of sp³-hybridized carbons (Fsp3) is 0.316. The van der Waals surface area contributed by atoms with Crippen LogP contribution in [0.25, 0.3) is 17.0 Å². The number of anilines is 1. The Morgan fingerprint density at radius 3 is 2.52 bits per heavy atom. The second-order valence-electron chi connectivity index (χ2n) is 6.80. The number of hydrogen-bond donors (Lipinski definition) is 0. The number of piperazine rings is 1. The van der Waals surface area contributed by atoms with Crippen molar-refractivity contribution in [3.8, 4) is 11.3 Å². The second kappa shape index (κ2) is 7.85. The number of benzene rings is 1. The zero-order valence-electron chi connectivity index (χ0n) is 16.3. The molecule has 1 aromatic carbocycles. The van der Waals surface area contributed by atoms with Crippen molar-refractivity contribution in [1.29, 1.82) is 0 Å². The van der Waals surface area contributed by atoms with Gasteiger partial charge in [-0.15, -0.1) is 5.10 Å². The Morgan fingerprint density at radius 1 is 1.10 bits per heavy atom. The van der Waals surface area contributed by atoms with E-state index in [0.717, 1.165) is 19.2 Å². The second-order valence-corrected chi connectivity index (χ2v) is 6.80. The van der Waals surface area contributed by atoms with Crippen LogP contribution in [-0.2, 0) is 20.5 Å². The Balaban J connectivity index is 1.59. The van der Waals surface area contributed by atoms with Crippen molar-refractivity contribution in [2.45, 2.75) is 6.18 Å². The summed E-state index contributed by atoms with van der Waals surface area (Å²) >= 11 is 0. The van der Waals surface area contributed by atoms with Gasteiger partial charge in [0.2, 0.25) is 5.95 Å². The van der Waals surface area contributed by atoms with Crippen molar-refractivity contribution in [2.24, 2.45) is 0 Å². The summed E-state index contributed by atoms with van der Waals surface area (Å²) in [4.78, 5) is 35.0. The molecule has 0 unspecified atom stereocenters. The van der Waals surface area contributed by atoms with Crippen molar-refractivity contribution in [2.75, 3.05) is 38.2 Å². The van der Waals surface area contributed by atoms with E-state index in [9.17, 15) is 22.8 Å². The molecule has 0 radical (unpaired) electrons. The Morgan fingerprint density at radius 2 is 1.84 bits per heavy atom. The fourth-order valence-electron chi connectivity index (χ4n) is 3.32. The number of ether oxygens (including phenoxy) is 1. The molecule has 0 spiro atoms. The number of amides is 1. The first-order chi connectivity index (χ1) is 14.8. The molecule has 12 heteroatoms. The smallest absolute Gasteiger partial charge is 0.416 e. The van der Waals surface area contributed by atoms with Crippen molar-refractivity contribution < 1.29 is 27.5 Å². The highest BCUT2D eigenvalue weighted by Crippen LogP contribution is 2.32. The number of methoxy groups -OCH3 is 1. The van der Waals surface area contributed by atoms with Gasteiger partial charge in [-0.1, -0.05) is 12.1 Å². The van der Waals surface area contributed by atoms with Gasteiger partial charge < -0.3 is 14.5 Å². The number of fused-ring (bicyclic) bond motifs is 1. The molecule has 162 valence electrons. The first kappa shape index (κ1) is 20.6. The van der Waals surface area contributed by atoms with Gasteiger partial charge in [-0.05, 0) is 18.2 Å². The lowest BCUT2D eigenvalue weighted by Gasteiger charge is -2.33. The van der Waals surface area contributed by atoms with E-state index in [1.165, 1.54) is 21.7 Å². The van der Waals surface area contributed by atoms with Crippen LogP contribution < -0.4 is 4.90 Å². The van der Waals surface area contributed by atoms with E-state index in [2.05, 4.69) is 19.8 Å². The third-order valence-electron chi connectivity index (χ3n) is 4.92. The van der Waals surface area contributed by atoms with Crippen molar-refractivity contribution >= 4 is 23.6 Å². The number of alkyl halides is 3. The molecule has 1 saturated heterocycles. The SMILES string of the molecule is COC(=O)C(=O)N1CCN(c2nc3nccc(-c4cccc(C(F)(F)F)c4)n3n2)CC1. The maximum absolute atomic E-state index is 13.1. The predicted octanol–water partition coefficient (Wildman–Crippen LogP) is 1.63. The van der Waals surface area contributed by atoms with E-state index in [1.54, 1.807) is 12.1 Å². The van der Waals surface area contributed by atoms with Crippen molar-refractivity contribution in [1.82, 2.24) is 24.5 Å². The Labute approximate surface area is 174 Å². The lowest BCUT2D eigenvalue weighted by molar-refractivity contribution is -0.158. The minimum Gasteiger partial charge on any atom is -0.462 e. The maximum atomic E-state index is 13.1. The van der Waals surface area contributed by atoms with Crippen LogP contribution in [0.4, 0.5) is 19.1 Å². The summed E-state index contributed by atoms with van der Waals surface area (Å²) in [7, 11) is 1.14. The highest BCUT2D eigenvalue weighted by atomic mass is 19.4.